The van der Waals surface area contributed by atoms with Gasteiger partial charge in [-0.05, 0) is 54.7 Å². The molecule has 0 bridgehead atoms. The molecule has 1 heteroatoms. The lowest BCUT2D eigenvalue weighted by atomic mass is 9.65. The Morgan fingerprint density at radius 3 is 3.06 bits per heavy atom. The van der Waals surface area contributed by atoms with Crippen molar-refractivity contribution in [2.75, 3.05) is 0 Å². The zero-order chi connectivity index (χ0) is 11.6. The Morgan fingerprint density at radius 2 is 2.29 bits per heavy atom. The van der Waals surface area contributed by atoms with Crippen molar-refractivity contribution < 1.29 is 4.79 Å². The van der Waals surface area contributed by atoms with Crippen molar-refractivity contribution in [3.8, 4) is 0 Å². The van der Waals surface area contributed by atoms with E-state index in [9.17, 15) is 4.79 Å². The van der Waals surface area contributed by atoms with Crippen molar-refractivity contribution in [2.45, 2.75) is 50.4 Å². The van der Waals surface area contributed by atoms with E-state index in [0.29, 0.717) is 17.6 Å². The Morgan fingerprint density at radius 1 is 1.41 bits per heavy atom. The Balaban J connectivity index is 1.71. The van der Waals surface area contributed by atoms with Gasteiger partial charge in [0.05, 0.1) is 0 Å². The normalized spacial score (nSPS) is 35.6. The smallest absolute Gasteiger partial charge is 0.162 e. The van der Waals surface area contributed by atoms with Gasteiger partial charge >= 0.3 is 0 Å². The first kappa shape index (κ1) is 9.87. The van der Waals surface area contributed by atoms with Crippen LogP contribution in [0.1, 0.15) is 66.4 Å². The molecule has 0 saturated heterocycles. The van der Waals surface area contributed by atoms with Crippen LogP contribution in [0.15, 0.2) is 18.2 Å². The minimum absolute atomic E-state index is 0.321. The number of carbonyl (C=O) groups is 1. The minimum atomic E-state index is 0.321. The third-order valence-corrected chi connectivity index (χ3v) is 5.31. The summed E-state index contributed by atoms with van der Waals surface area (Å²) < 4.78 is 0. The summed E-state index contributed by atoms with van der Waals surface area (Å²) in [6.45, 7) is 2.07. The maximum Gasteiger partial charge on any atom is 0.162 e. The van der Waals surface area contributed by atoms with Gasteiger partial charge in [-0.25, -0.2) is 0 Å². The molecule has 1 unspecified atom stereocenters. The van der Waals surface area contributed by atoms with Crippen molar-refractivity contribution in [3.63, 3.8) is 0 Å². The maximum absolute atomic E-state index is 11.9. The van der Waals surface area contributed by atoms with E-state index in [2.05, 4.69) is 25.1 Å². The van der Waals surface area contributed by atoms with Crippen LogP contribution in [0.2, 0.25) is 0 Å². The average molecular weight is 226 g/mol. The molecule has 88 valence electrons. The second-order valence-electron chi connectivity index (χ2n) is 6.05. The van der Waals surface area contributed by atoms with Gasteiger partial charge < -0.3 is 0 Å². The number of hydrogen-bond acceptors (Lipinski definition) is 1. The maximum atomic E-state index is 11.9. The van der Waals surface area contributed by atoms with Crippen molar-refractivity contribution in [1.82, 2.24) is 0 Å². The molecule has 1 aromatic rings. The van der Waals surface area contributed by atoms with E-state index in [4.69, 9.17) is 0 Å². The number of fused-ring (bicyclic) bond motifs is 2. The summed E-state index contributed by atoms with van der Waals surface area (Å²) in [5.41, 5.74) is 4.64. The standard InChI is InChI=1S/C16H18O/c1-2-3-15(17)10-4-6-13-12(8-10)14-7-5-11-9-16(11,13)14/h4,6,8,11,14H,2-3,5,7,9H2,1H3/t11-,14-,16?/m1/s1. The summed E-state index contributed by atoms with van der Waals surface area (Å²) in [6.07, 6.45) is 5.84. The molecule has 3 aliphatic rings. The van der Waals surface area contributed by atoms with E-state index in [-0.39, 0.29) is 0 Å². The SMILES string of the molecule is CCCC(=O)c1ccc2c(c1)[C@H]1CC[C@@H]3CC231. The largest absolute Gasteiger partial charge is 0.294 e. The van der Waals surface area contributed by atoms with Crippen LogP contribution in [0.3, 0.4) is 0 Å². The molecule has 0 N–H and O–H groups in total. The minimum Gasteiger partial charge on any atom is -0.294 e. The van der Waals surface area contributed by atoms with Crippen LogP contribution in [0, 0.1) is 5.92 Å². The number of hydrogen-bond donors (Lipinski definition) is 0. The first-order chi connectivity index (χ1) is 8.27. The third kappa shape index (κ3) is 1.04. The van der Waals surface area contributed by atoms with Gasteiger partial charge in [0.25, 0.3) is 0 Å². The number of benzene rings is 1. The lowest BCUT2D eigenvalue weighted by Crippen LogP contribution is -2.30. The fraction of sp³-hybridized carbons (Fsp3) is 0.562. The topological polar surface area (TPSA) is 17.1 Å². The van der Waals surface area contributed by atoms with Crippen LogP contribution in [0.5, 0.6) is 0 Å². The van der Waals surface area contributed by atoms with Gasteiger partial charge in [0.2, 0.25) is 0 Å². The van der Waals surface area contributed by atoms with E-state index >= 15 is 0 Å². The molecule has 17 heavy (non-hydrogen) atoms. The van der Waals surface area contributed by atoms with E-state index in [1.807, 2.05) is 0 Å². The Labute approximate surface area is 102 Å². The second-order valence-corrected chi connectivity index (χ2v) is 6.05. The van der Waals surface area contributed by atoms with Crippen LogP contribution in [-0.2, 0) is 5.41 Å². The molecule has 0 aliphatic heterocycles. The summed E-state index contributed by atoms with van der Waals surface area (Å²) in [5.74, 6) is 2.11. The Bertz CT molecular complexity index is 516. The van der Waals surface area contributed by atoms with Gasteiger partial charge in [0.15, 0.2) is 5.78 Å². The van der Waals surface area contributed by atoms with Crippen LogP contribution in [0.4, 0.5) is 0 Å². The van der Waals surface area contributed by atoms with Crippen LogP contribution < -0.4 is 0 Å². The number of ketones is 1. The van der Waals surface area contributed by atoms with Gasteiger partial charge in [-0.3, -0.25) is 4.79 Å². The molecule has 0 radical (unpaired) electrons. The van der Waals surface area contributed by atoms with Gasteiger partial charge in [-0.15, -0.1) is 0 Å². The molecule has 4 rings (SSSR count). The van der Waals surface area contributed by atoms with Crippen molar-refractivity contribution in [3.05, 3.63) is 34.9 Å². The van der Waals surface area contributed by atoms with E-state index in [1.165, 1.54) is 24.8 Å². The fourth-order valence-corrected chi connectivity index (χ4v) is 4.45. The Kier molecular flexibility index (Phi) is 1.75. The molecular formula is C16H18O. The number of rotatable bonds is 3. The molecule has 1 aromatic carbocycles. The highest BCUT2D eigenvalue weighted by molar-refractivity contribution is 5.96. The third-order valence-electron chi connectivity index (χ3n) is 5.31. The number of Topliss-reactive ketones (excluding diaryl/α,β-unsaturated/α-hetero) is 1. The van der Waals surface area contributed by atoms with Crippen molar-refractivity contribution in [1.29, 1.82) is 0 Å². The van der Waals surface area contributed by atoms with Gasteiger partial charge in [-0.2, -0.15) is 0 Å². The first-order valence-electron chi connectivity index (χ1n) is 6.95. The van der Waals surface area contributed by atoms with E-state index in [0.717, 1.165) is 23.8 Å². The molecule has 1 nitrogen and oxygen atoms in total. The molecule has 3 atom stereocenters. The quantitative estimate of drug-likeness (QED) is 0.716. The van der Waals surface area contributed by atoms with Crippen LogP contribution >= 0.6 is 0 Å². The van der Waals surface area contributed by atoms with Gasteiger partial charge in [0.1, 0.15) is 0 Å². The molecule has 0 aromatic heterocycles. The second kappa shape index (κ2) is 3.01. The molecular weight excluding hydrogens is 208 g/mol. The molecule has 2 fully saturated rings. The monoisotopic (exact) mass is 226 g/mol. The zero-order valence-electron chi connectivity index (χ0n) is 10.3. The summed E-state index contributed by atoms with van der Waals surface area (Å²) in [5, 5.41) is 0. The first-order valence-corrected chi connectivity index (χ1v) is 6.95. The highest BCUT2D eigenvalue weighted by atomic mass is 16.1. The van der Waals surface area contributed by atoms with Gasteiger partial charge in [0, 0.05) is 17.4 Å². The zero-order valence-corrected chi connectivity index (χ0v) is 10.3. The molecule has 2 saturated carbocycles. The predicted molar refractivity (Wildman–Crippen MR) is 67.4 cm³/mol. The predicted octanol–water partition coefficient (Wildman–Crippen LogP) is 3.82. The molecule has 0 heterocycles. The summed E-state index contributed by atoms with van der Waals surface area (Å²) >= 11 is 0. The van der Waals surface area contributed by atoms with Crippen molar-refractivity contribution in [2.24, 2.45) is 5.92 Å². The highest BCUT2D eigenvalue weighted by Crippen LogP contribution is 2.77. The van der Waals surface area contributed by atoms with Crippen LogP contribution in [0.25, 0.3) is 0 Å². The molecule has 3 aliphatic carbocycles. The molecule has 0 amide bonds. The Hall–Kier alpha value is -1.11. The lowest BCUT2D eigenvalue weighted by molar-refractivity contribution is 0.0981. The van der Waals surface area contributed by atoms with Crippen molar-refractivity contribution >= 4 is 5.78 Å². The summed E-state index contributed by atoms with van der Waals surface area (Å²) in [6, 6.07) is 6.51. The van der Waals surface area contributed by atoms with E-state index < -0.39 is 0 Å². The highest BCUT2D eigenvalue weighted by Gasteiger charge is 2.69. The number of carbonyl (C=O) groups excluding carboxylic acids is 1. The fourth-order valence-electron chi connectivity index (χ4n) is 4.45. The molecule has 1 spiro atoms. The van der Waals surface area contributed by atoms with Crippen LogP contribution in [-0.4, -0.2) is 5.78 Å². The van der Waals surface area contributed by atoms with Gasteiger partial charge in [-0.1, -0.05) is 19.1 Å². The summed E-state index contributed by atoms with van der Waals surface area (Å²) in [4.78, 5) is 11.9. The van der Waals surface area contributed by atoms with E-state index in [1.54, 1.807) is 5.56 Å². The average Bonchev–Trinajstić information content (AvgIpc) is 2.99. The lowest BCUT2D eigenvalue weighted by Gasteiger charge is -2.38. The summed E-state index contributed by atoms with van der Waals surface area (Å²) in [7, 11) is 0.